The molecule has 0 aliphatic rings. The molecule has 118 valence electrons. The second kappa shape index (κ2) is 5.64. The summed E-state index contributed by atoms with van der Waals surface area (Å²) in [6.07, 6.45) is 2.76. The van der Waals surface area contributed by atoms with Crippen LogP contribution in [0.5, 0.6) is 0 Å². The van der Waals surface area contributed by atoms with E-state index in [4.69, 9.17) is 5.11 Å². The number of aromatic nitrogens is 3. The maximum Gasteiger partial charge on any atom is 0.341 e. The summed E-state index contributed by atoms with van der Waals surface area (Å²) in [7, 11) is 0. The molecule has 1 atom stereocenters. The van der Waals surface area contributed by atoms with Crippen LogP contribution in [0, 0.1) is 11.6 Å². The van der Waals surface area contributed by atoms with E-state index in [1.54, 1.807) is 19.2 Å². The van der Waals surface area contributed by atoms with Gasteiger partial charge in [-0.15, -0.1) is 0 Å². The van der Waals surface area contributed by atoms with Gasteiger partial charge in [-0.2, -0.15) is 5.10 Å². The maximum atomic E-state index is 13.3. The zero-order valence-corrected chi connectivity index (χ0v) is 12.0. The molecule has 2 aromatic heterocycles. The molecule has 2 N–H and O–H groups in total. The van der Waals surface area contributed by atoms with Crippen molar-refractivity contribution < 1.29 is 18.7 Å². The average Bonchev–Trinajstić information content (AvgIpc) is 2.89. The van der Waals surface area contributed by atoms with Gasteiger partial charge in [0.15, 0.2) is 5.65 Å². The fraction of sp³-hybridized carbons (Fsp3) is 0.133. The van der Waals surface area contributed by atoms with Crippen LogP contribution in [0.2, 0.25) is 0 Å². The fourth-order valence-electron chi connectivity index (χ4n) is 2.23. The molecular formula is C15H12F2N4O2. The summed E-state index contributed by atoms with van der Waals surface area (Å²) in [5.41, 5.74) is 0.564. The quantitative estimate of drug-likeness (QED) is 0.773. The molecule has 1 aromatic carbocycles. The second-order valence-corrected chi connectivity index (χ2v) is 5.01. The largest absolute Gasteiger partial charge is 0.477 e. The molecule has 0 spiro atoms. The summed E-state index contributed by atoms with van der Waals surface area (Å²) in [5, 5.41) is 16.0. The highest BCUT2D eigenvalue weighted by molar-refractivity contribution is 5.94. The number of halogens is 2. The first-order valence-corrected chi connectivity index (χ1v) is 6.74. The predicted molar refractivity (Wildman–Crippen MR) is 78.3 cm³/mol. The molecule has 0 saturated carbocycles. The minimum Gasteiger partial charge on any atom is -0.477 e. The van der Waals surface area contributed by atoms with Crippen molar-refractivity contribution in [2.24, 2.45) is 0 Å². The van der Waals surface area contributed by atoms with Gasteiger partial charge < -0.3 is 10.4 Å². The topological polar surface area (TPSA) is 79.5 Å². The van der Waals surface area contributed by atoms with Crippen LogP contribution in [-0.4, -0.2) is 25.7 Å². The zero-order chi connectivity index (χ0) is 16.6. The molecule has 8 heteroatoms. The van der Waals surface area contributed by atoms with Crippen molar-refractivity contribution in [2.45, 2.75) is 13.0 Å². The van der Waals surface area contributed by atoms with Crippen LogP contribution in [0.25, 0.3) is 5.65 Å². The third-order valence-corrected chi connectivity index (χ3v) is 3.35. The minimum absolute atomic E-state index is 0.0295. The zero-order valence-electron chi connectivity index (χ0n) is 12.0. The number of fused-ring (bicyclic) bond motifs is 1. The summed E-state index contributed by atoms with van der Waals surface area (Å²) < 4.78 is 27.9. The number of aromatic carboxylic acids is 1. The summed E-state index contributed by atoms with van der Waals surface area (Å²) >= 11 is 0. The highest BCUT2D eigenvalue weighted by Crippen LogP contribution is 2.21. The first kappa shape index (κ1) is 14.9. The Balaban J connectivity index is 1.91. The van der Waals surface area contributed by atoms with Gasteiger partial charge in [0, 0.05) is 12.3 Å². The van der Waals surface area contributed by atoms with Crippen molar-refractivity contribution in [3.05, 3.63) is 59.4 Å². The number of carbonyl (C=O) groups is 1. The van der Waals surface area contributed by atoms with Crippen LogP contribution in [-0.2, 0) is 0 Å². The highest BCUT2D eigenvalue weighted by atomic mass is 19.1. The van der Waals surface area contributed by atoms with E-state index in [0.29, 0.717) is 11.4 Å². The Bertz CT molecular complexity index is 874. The van der Waals surface area contributed by atoms with Gasteiger partial charge >= 0.3 is 5.97 Å². The van der Waals surface area contributed by atoms with Crippen LogP contribution < -0.4 is 5.32 Å². The first-order valence-electron chi connectivity index (χ1n) is 6.74. The molecule has 0 fully saturated rings. The summed E-state index contributed by atoms with van der Waals surface area (Å²) in [5.74, 6) is -2.09. The Labute approximate surface area is 129 Å². The Kier molecular flexibility index (Phi) is 3.65. The standard InChI is InChI=1S/C15H12F2N4O2/c1-8(9-4-10(16)6-11(17)5-9)19-13-2-3-21-14(20-13)12(7-18-21)15(22)23/h2-8H,1H3,(H,19,20)(H,22,23)/t8-/m1/s1. The number of hydrogen-bond donors (Lipinski definition) is 2. The van der Waals surface area contributed by atoms with Gasteiger partial charge in [-0.05, 0) is 30.7 Å². The number of nitrogens with one attached hydrogen (secondary N) is 1. The number of carboxylic acid groups (broad SMARTS) is 1. The maximum absolute atomic E-state index is 13.3. The number of rotatable bonds is 4. The van der Waals surface area contributed by atoms with Gasteiger partial charge in [-0.3, -0.25) is 0 Å². The lowest BCUT2D eigenvalue weighted by Gasteiger charge is -2.15. The van der Waals surface area contributed by atoms with Gasteiger partial charge in [0.25, 0.3) is 0 Å². The number of anilines is 1. The molecule has 0 unspecified atom stereocenters. The van der Waals surface area contributed by atoms with E-state index in [9.17, 15) is 13.6 Å². The number of nitrogens with zero attached hydrogens (tertiary/aromatic N) is 3. The van der Waals surface area contributed by atoms with Crippen molar-refractivity contribution >= 4 is 17.4 Å². The van der Waals surface area contributed by atoms with E-state index in [-0.39, 0.29) is 11.2 Å². The number of hydrogen-bond acceptors (Lipinski definition) is 4. The van der Waals surface area contributed by atoms with E-state index in [1.807, 2.05) is 0 Å². The van der Waals surface area contributed by atoms with Gasteiger partial charge in [0.2, 0.25) is 0 Å². The van der Waals surface area contributed by atoms with E-state index >= 15 is 0 Å². The summed E-state index contributed by atoms with van der Waals surface area (Å²) in [4.78, 5) is 15.3. The normalized spacial score (nSPS) is 12.3. The Morgan fingerprint density at radius 2 is 2.00 bits per heavy atom. The fourth-order valence-corrected chi connectivity index (χ4v) is 2.23. The molecule has 0 aliphatic heterocycles. The molecule has 0 saturated heterocycles. The molecule has 2 heterocycles. The first-order chi connectivity index (χ1) is 10.9. The Morgan fingerprint density at radius 1 is 1.30 bits per heavy atom. The average molecular weight is 318 g/mol. The monoisotopic (exact) mass is 318 g/mol. The molecule has 23 heavy (non-hydrogen) atoms. The van der Waals surface area contributed by atoms with E-state index in [1.165, 1.54) is 22.8 Å². The van der Waals surface area contributed by atoms with Gasteiger partial charge in [0.1, 0.15) is 23.0 Å². The molecule has 3 aromatic rings. The molecule has 0 aliphatic carbocycles. The lowest BCUT2D eigenvalue weighted by atomic mass is 10.1. The van der Waals surface area contributed by atoms with Crippen molar-refractivity contribution in [1.29, 1.82) is 0 Å². The van der Waals surface area contributed by atoms with Gasteiger partial charge in [0.05, 0.1) is 12.2 Å². The molecule has 6 nitrogen and oxygen atoms in total. The molecule has 0 radical (unpaired) electrons. The molecule has 3 rings (SSSR count). The summed E-state index contributed by atoms with van der Waals surface area (Å²) in [6.45, 7) is 1.72. The van der Waals surface area contributed by atoms with Crippen LogP contribution in [0.3, 0.4) is 0 Å². The lowest BCUT2D eigenvalue weighted by molar-refractivity contribution is 0.0699. The van der Waals surface area contributed by atoms with Gasteiger partial charge in [-0.1, -0.05) is 0 Å². The van der Waals surface area contributed by atoms with Crippen LogP contribution in [0.4, 0.5) is 14.6 Å². The highest BCUT2D eigenvalue weighted by Gasteiger charge is 2.14. The van der Waals surface area contributed by atoms with Crippen molar-refractivity contribution in [3.63, 3.8) is 0 Å². The smallest absolute Gasteiger partial charge is 0.341 e. The molecular weight excluding hydrogens is 306 g/mol. The number of benzene rings is 1. The van der Waals surface area contributed by atoms with Gasteiger partial charge in [-0.25, -0.2) is 23.1 Å². The Morgan fingerprint density at radius 3 is 2.65 bits per heavy atom. The van der Waals surface area contributed by atoms with Crippen molar-refractivity contribution in [1.82, 2.24) is 14.6 Å². The summed E-state index contributed by atoms with van der Waals surface area (Å²) in [6, 6.07) is 4.41. The third kappa shape index (κ3) is 2.96. The second-order valence-electron chi connectivity index (χ2n) is 5.01. The van der Waals surface area contributed by atoms with E-state index < -0.39 is 23.6 Å². The molecule has 0 bridgehead atoms. The lowest BCUT2D eigenvalue weighted by Crippen LogP contribution is -2.09. The van der Waals surface area contributed by atoms with Crippen molar-refractivity contribution in [2.75, 3.05) is 5.32 Å². The van der Waals surface area contributed by atoms with Crippen LogP contribution in [0.15, 0.2) is 36.7 Å². The van der Waals surface area contributed by atoms with Crippen LogP contribution in [0.1, 0.15) is 28.9 Å². The Hall–Kier alpha value is -3.03. The SMILES string of the molecule is C[C@@H](Nc1ccn2ncc(C(=O)O)c2n1)c1cc(F)cc(F)c1. The van der Waals surface area contributed by atoms with E-state index in [2.05, 4.69) is 15.4 Å². The van der Waals surface area contributed by atoms with E-state index in [0.717, 1.165) is 6.07 Å². The molecule has 0 amide bonds. The third-order valence-electron chi connectivity index (χ3n) is 3.35. The predicted octanol–water partition coefficient (Wildman–Crippen LogP) is 2.88. The number of carboxylic acids is 1. The van der Waals surface area contributed by atoms with Crippen LogP contribution >= 0.6 is 0 Å². The minimum atomic E-state index is -1.13. The van der Waals surface area contributed by atoms with Crippen molar-refractivity contribution in [3.8, 4) is 0 Å².